The van der Waals surface area contributed by atoms with Crippen molar-refractivity contribution in [2.24, 2.45) is 0 Å². The van der Waals surface area contributed by atoms with Crippen molar-refractivity contribution in [3.05, 3.63) is 44.7 Å². The molecular formula is C13H14Br2N2O3S. The predicted molar refractivity (Wildman–Crippen MR) is 88.9 cm³/mol. The van der Waals surface area contributed by atoms with Gasteiger partial charge in [-0.05, 0) is 53.7 Å². The van der Waals surface area contributed by atoms with Crippen LogP contribution in [0, 0.1) is 6.92 Å². The van der Waals surface area contributed by atoms with E-state index in [1.165, 1.54) is 6.07 Å². The number of aryl methyl sites for hydroxylation is 1. The number of sulfonamides is 1. The van der Waals surface area contributed by atoms with E-state index >= 15 is 0 Å². The van der Waals surface area contributed by atoms with Gasteiger partial charge in [0.2, 0.25) is 0 Å². The van der Waals surface area contributed by atoms with Crippen LogP contribution in [0.15, 0.2) is 42.7 Å². The van der Waals surface area contributed by atoms with Crippen molar-refractivity contribution in [1.82, 2.24) is 5.32 Å². The number of halogens is 2. The molecule has 1 heterocycles. The summed E-state index contributed by atoms with van der Waals surface area (Å²) in [4.78, 5) is 0.0788. The minimum atomic E-state index is -3.71. The van der Waals surface area contributed by atoms with Crippen molar-refractivity contribution in [3.63, 3.8) is 0 Å². The molecule has 2 aromatic rings. The first kappa shape index (κ1) is 16.5. The van der Waals surface area contributed by atoms with Gasteiger partial charge in [-0.3, -0.25) is 4.72 Å². The van der Waals surface area contributed by atoms with Crippen LogP contribution in [0.5, 0.6) is 0 Å². The Morgan fingerprint density at radius 2 is 1.95 bits per heavy atom. The van der Waals surface area contributed by atoms with E-state index in [9.17, 15) is 8.42 Å². The second kappa shape index (κ2) is 6.51. The number of anilines is 1. The van der Waals surface area contributed by atoms with Gasteiger partial charge < -0.3 is 9.73 Å². The molecule has 0 unspecified atom stereocenters. The van der Waals surface area contributed by atoms with Crippen molar-refractivity contribution in [2.45, 2.75) is 18.4 Å². The normalized spacial score (nSPS) is 11.6. The first-order valence-corrected chi connectivity index (χ1v) is 9.12. The third kappa shape index (κ3) is 3.88. The predicted octanol–water partition coefficient (Wildman–Crippen LogP) is 3.63. The van der Waals surface area contributed by atoms with E-state index in [0.29, 0.717) is 18.0 Å². The lowest BCUT2D eigenvalue weighted by Crippen LogP contribution is -2.13. The van der Waals surface area contributed by atoms with Crippen LogP contribution in [-0.2, 0) is 16.6 Å². The Morgan fingerprint density at radius 1 is 1.24 bits per heavy atom. The fourth-order valence-corrected chi connectivity index (χ4v) is 4.39. The molecule has 0 aliphatic carbocycles. The second-order valence-corrected chi connectivity index (χ2v) is 7.73. The quantitative estimate of drug-likeness (QED) is 0.749. The lowest BCUT2D eigenvalue weighted by molar-refractivity contribution is 0.470. The van der Waals surface area contributed by atoms with E-state index in [1.807, 2.05) is 13.0 Å². The van der Waals surface area contributed by atoms with Gasteiger partial charge in [0, 0.05) is 10.5 Å². The Balaban J connectivity index is 2.34. The summed E-state index contributed by atoms with van der Waals surface area (Å²) in [7, 11) is -1.95. The van der Waals surface area contributed by atoms with Crippen LogP contribution in [0.25, 0.3) is 0 Å². The number of nitrogens with one attached hydrogen (secondary N) is 2. The zero-order chi connectivity index (χ0) is 15.6. The molecule has 0 aliphatic heterocycles. The first-order valence-electron chi connectivity index (χ1n) is 6.05. The smallest absolute Gasteiger partial charge is 0.266 e. The second-order valence-electron chi connectivity index (χ2n) is 4.45. The highest BCUT2D eigenvalue weighted by Gasteiger charge is 2.23. The Labute approximate surface area is 140 Å². The minimum Gasteiger partial charge on any atom is -0.451 e. The maximum Gasteiger partial charge on any atom is 0.266 e. The summed E-state index contributed by atoms with van der Waals surface area (Å²) in [6.07, 6.45) is 0. The summed E-state index contributed by atoms with van der Waals surface area (Å²) in [5.74, 6) is 0.539. The van der Waals surface area contributed by atoms with Gasteiger partial charge in [-0.2, -0.15) is 0 Å². The molecule has 0 saturated carbocycles. The third-order valence-electron chi connectivity index (χ3n) is 2.78. The van der Waals surface area contributed by atoms with E-state index in [2.05, 4.69) is 41.9 Å². The third-order valence-corrected chi connectivity index (χ3v) is 5.50. The SMILES string of the molecule is CNCc1cc(S(=O)(=O)Nc2ccc(Br)cc2C)c(Br)o1. The summed E-state index contributed by atoms with van der Waals surface area (Å²) in [5.41, 5.74) is 1.35. The van der Waals surface area contributed by atoms with Gasteiger partial charge in [0.1, 0.15) is 10.7 Å². The van der Waals surface area contributed by atoms with Crippen molar-refractivity contribution in [3.8, 4) is 0 Å². The van der Waals surface area contributed by atoms with E-state index in [0.717, 1.165) is 10.0 Å². The molecule has 0 spiro atoms. The van der Waals surface area contributed by atoms with Crippen molar-refractivity contribution in [1.29, 1.82) is 0 Å². The van der Waals surface area contributed by atoms with Crippen LogP contribution >= 0.6 is 31.9 Å². The molecule has 0 atom stereocenters. The van der Waals surface area contributed by atoms with Crippen molar-refractivity contribution >= 4 is 47.6 Å². The van der Waals surface area contributed by atoms with E-state index in [1.54, 1.807) is 19.2 Å². The molecular weight excluding hydrogens is 424 g/mol. The van der Waals surface area contributed by atoms with Gasteiger partial charge in [-0.25, -0.2) is 8.42 Å². The van der Waals surface area contributed by atoms with Gasteiger partial charge in [0.05, 0.1) is 12.2 Å². The van der Waals surface area contributed by atoms with Crippen molar-refractivity contribution < 1.29 is 12.8 Å². The van der Waals surface area contributed by atoms with Crippen molar-refractivity contribution in [2.75, 3.05) is 11.8 Å². The number of hydrogen-bond acceptors (Lipinski definition) is 4. The van der Waals surface area contributed by atoms with Gasteiger partial charge in [0.15, 0.2) is 4.67 Å². The highest BCUT2D eigenvalue weighted by molar-refractivity contribution is 9.10. The van der Waals surface area contributed by atoms with Crippen LogP contribution in [0.3, 0.4) is 0 Å². The average molecular weight is 438 g/mol. The lowest BCUT2D eigenvalue weighted by Gasteiger charge is -2.09. The summed E-state index contributed by atoms with van der Waals surface area (Å²) in [6, 6.07) is 6.83. The van der Waals surface area contributed by atoms with Crippen LogP contribution in [0.2, 0.25) is 0 Å². The highest BCUT2D eigenvalue weighted by atomic mass is 79.9. The molecule has 1 aromatic carbocycles. The number of hydrogen-bond donors (Lipinski definition) is 2. The molecule has 114 valence electrons. The molecule has 0 amide bonds. The zero-order valence-electron chi connectivity index (χ0n) is 11.4. The maximum atomic E-state index is 12.4. The first-order chi connectivity index (χ1) is 9.83. The zero-order valence-corrected chi connectivity index (χ0v) is 15.4. The number of rotatable bonds is 5. The Kier molecular flexibility index (Phi) is 5.13. The van der Waals surface area contributed by atoms with E-state index in [4.69, 9.17) is 4.42 Å². The van der Waals surface area contributed by atoms with Gasteiger partial charge in [0.25, 0.3) is 10.0 Å². The van der Waals surface area contributed by atoms with Crippen LogP contribution in [0.4, 0.5) is 5.69 Å². The summed E-state index contributed by atoms with van der Waals surface area (Å²) in [5, 5.41) is 2.91. The van der Waals surface area contributed by atoms with Gasteiger partial charge >= 0.3 is 0 Å². The molecule has 0 bridgehead atoms. The molecule has 1 aromatic heterocycles. The molecule has 0 fully saturated rings. The van der Waals surface area contributed by atoms with Crippen LogP contribution in [0.1, 0.15) is 11.3 Å². The molecule has 0 saturated heterocycles. The van der Waals surface area contributed by atoms with Crippen LogP contribution in [-0.4, -0.2) is 15.5 Å². The van der Waals surface area contributed by atoms with Gasteiger partial charge in [-0.1, -0.05) is 15.9 Å². The summed E-state index contributed by atoms with van der Waals surface area (Å²) < 4.78 is 33.9. The Bertz CT molecular complexity index is 757. The Morgan fingerprint density at radius 3 is 2.57 bits per heavy atom. The number of benzene rings is 1. The summed E-state index contributed by atoms with van der Waals surface area (Å²) >= 11 is 6.49. The largest absolute Gasteiger partial charge is 0.451 e. The average Bonchev–Trinajstić information content (AvgIpc) is 2.75. The van der Waals surface area contributed by atoms with Gasteiger partial charge in [-0.15, -0.1) is 0 Å². The topological polar surface area (TPSA) is 71.3 Å². The molecule has 0 aliphatic rings. The molecule has 0 radical (unpaired) electrons. The summed E-state index contributed by atoms with van der Waals surface area (Å²) in [6.45, 7) is 2.28. The standard InChI is InChI=1S/C13H14Br2N2O3S/c1-8-5-9(14)3-4-11(8)17-21(18,19)12-6-10(7-16-2)20-13(12)15/h3-6,16-17H,7H2,1-2H3. The lowest BCUT2D eigenvalue weighted by atomic mass is 10.2. The minimum absolute atomic E-state index is 0.0788. The fourth-order valence-electron chi connectivity index (χ4n) is 1.78. The Hall–Kier alpha value is -0.830. The maximum absolute atomic E-state index is 12.4. The number of furan rings is 1. The monoisotopic (exact) mass is 436 g/mol. The molecule has 8 heteroatoms. The van der Waals surface area contributed by atoms with Crippen LogP contribution < -0.4 is 10.0 Å². The molecule has 21 heavy (non-hydrogen) atoms. The fraction of sp³-hybridized carbons (Fsp3) is 0.231. The van der Waals surface area contributed by atoms with E-state index in [-0.39, 0.29) is 9.56 Å². The molecule has 2 rings (SSSR count). The van der Waals surface area contributed by atoms with E-state index < -0.39 is 10.0 Å². The molecule has 2 N–H and O–H groups in total. The molecule has 5 nitrogen and oxygen atoms in total. The highest BCUT2D eigenvalue weighted by Crippen LogP contribution is 2.29.